The molecule has 2 aromatic carbocycles. The second-order valence-corrected chi connectivity index (χ2v) is 9.41. The van der Waals surface area contributed by atoms with E-state index >= 15 is 0 Å². The van der Waals surface area contributed by atoms with Gasteiger partial charge in [-0.1, -0.05) is 49.4 Å². The number of benzene rings is 2. The van der Waals surface area contributed by atoms with E-state index in [0.717, 1.165) is 45.5 Å². The summed E-state index contributed by atoms with van der Waals surface area (Å²) < 4.78 is 9.06. The molecule has 0 fully saturated rings. The average molecular weight is 478 g/mol. The minimum atomic E-state index is -0.0158. The Morgan fingerprint density at radius 3 is 2.85 bits per heavy atom. The highest BCUT2D eigenvalue weighted by Crippen LogP contribution is 2.30. The zero-order chi connectivity index (χ0) is 22.8. The molecule has 5 rings (SSSR count). The number of aromatic nitrogens is 5. The zero-order valence-electron chi connectivity index (χ0n) is 18.4. The van der Waals surface area contributed by atoms with E-state index in [1.807, 2.05) is 52.9 Å². The number of hydrogen-bond donors (Lipinski definition) is 0. The summed E-state index contributed by atoms with van der Waals surface area (Å²) >= 11 is 3.18. The molecule has 0 amide bonds. The van der Waals surface area contributed by atoms with E-state index in [2.05, 4.69) is 22.5 Å². The number of fused-ring (bicyclic) bond motifs is 3. The standard InChI is InChI=1S/C24H23N5O2S2/c1-3-4-12-28-22(30)19-10-5-6-11-20(19)29-23(28)26-27-24(29)33-15-17-14-32-21(25-17)16-8-7-9-18(13-16)31-2/h5-11,13-14H,3-4,12,15H2,1-2H3. The smallest absolute Gasteiger partial charge is 0.262 e. The maximum atomic E-state index is 13.1. The van der Waals surface area contributed by atoms with Crippen LogP contribution in [0.2, 0.25) is 0 Å². The lowest BCUT2D eigenvalue weighted by Crippen LogP contribution is -2.23. The number of thioether (sulfide) groups is 1. The van der Waals surface area contributed by atoms with Crippen LogP contribution in [0.4, 0.5) is 0 Å². The first-order chi connectivity index (χ1) is 16.2. The molecule has 5 aromatic rings. The third-order valence-corrected chi connectivity index (χ3v) is 7.33. The van der Waals surface area contributed by atoms with Crippen molar-refractivity contribution in [2.45, 2.75) is 37.2 Å². The Labute approximate surface area is 199 Å². The summed E-state index contributed by atoms with van der Waals surface area (Å²) in [5, 5.41) is 13.3. The number of para-hydroxylation sites is 1. The maximum absolute atomic E-state index is 13.1. The van der Waals surface area contributed by atoms with E-state index < -0.39 is 0 Å². The quantitative estimate of drug-likeness (QED) is 0.284. The molecular formula is C24H23N5O2S2. The van der Waals surface area contributed by atoms with E-state index in [0.29, 0.717) is 23.5 Å². The molecule has 0 radical (unpaired) electrons. The van der Waals surface area contributed by atoms with Crippen LogP contribution in [0.15, 0.2) is 63.9 Å². The largest absolute Gasteiger partial charge is 0.497 e. The molecule has 0 saturated carbocycles. The second kappa shape index (κ2) is 9.36. The normalized spacial score (nSPS) is 11.5. The number of aryl methyl sites for hydroxylation is 1. The molecule has 7 nitrogen and oxygen atoms in total. The Morgan fingerprint density at radius 1 is 1.12 bits per heavy atom. The fourth-order valence-corrected chi connectivity index (χ4v) is 5.50. The van der Waals surface area contributed by atoms with Crippen molar-refractivity contribution in [3.8, 4) is 16.3 Å². The molecule has 0 atom stereocenters. The van der Waals surface area contributed by atoms with Crippen LogP contribution in [0.3, 0.4) is 0 Å². The van der Waals surface area contributed by atoms with E-state index in [-0.39, 0.29) is 5.56 Å². The fraction of sp³-hybridized carbons (Fsp3) is 0.250. The molecule has 0 aliphatic heterocycles. The van der Waals surface area contributed by atoms with E-state index in [1.54, 1.807) is 34.8 Å². The second-order valence-electron chi connectivity index (χ2n) is 7.61. The van der Waals surface area contributed by atoms with Gasteiger partial charge in [-0.05, 0) is 30.7 Å². The van der Waals surface area contributed by atoms with Crippen LogP contribution in [0, 0.1) is 0 Å². The molecular weight excluding hydrogens is 454 g/mol. The van der Waals surface area contributed by atoms with Crippen LogP contribution in [0.5, 0.6) is 5.75 Å². The third-order valence-electron chi connectivity index (χ3n) is 5.43. The SMILES string of the molecule is CCCCn1c(=O)c2ccccc2n2c(SCc3csc(-c4cccc(OC)c4)n3)nnc12. The summed E-state index contributed by atoms with van der Waals surface area (Å²) in [5.41, 5.74) is 2.82. The van der Waals surface area contributed by atoms with Gasteiger partial charge in [0.25, 0.3) is 5.56 Å². The Kier molecular flexibility index (Phi) is 6.15. The molecule has 3 heterocycles. The van der Waals surface area contributed by atoms with Crippen LogP contribution in [-0.4, -0.2) is 31.3 Å². The van der Waals surface area contributed by atoms with Crippen molar-refractivity contribution in [1.29, 1.82) is 0 Å². The lowest BCUT2D eigenvalue weighted by Gasteiger charge is -2.10. The Morgan fingerprint density at radius 2 is 2.00 bits per heavy atom. The predicted octanol–water partition coefficient (Wildman–Crippen LogP) is 5.27. The molecule has 33 heavy (non-hydrogen) atoms. The molecule has 9 heteroatoms. The van der Waals surface area contributed by atoms with Gasteiger partial charge in [0.15, 0.2) is 5.16 Å². The van der Waals surface area contributed by atoms with E-state index in [4.69, 9.17) is 9.72 Å². The molecule has 0 N–H and O–H groups in total. The number of thiazole rings is 1. The Hall–Kier alpha value is -3.17. The van der Waals surface area contributed by atoms with Crippen molar-refractivity contribution < 1.29 is 4.74 Å². The third kappa shape index (κ3) is 4.14. The Bertz CT molecular complexity index is 1490. The summed E-state index contributed by atoms with van der Waals surface area (Å²) in [7, 11) is 1.66. The maximum Gasteiger partial charge on any atom is 0.262 e. The predicted molar refractivity (Wildman–Crippen MR) is 133 cm³/mol. The van der Waals surface area contributed by atoms with Gasteiger partial charge in [0.05, 0.1) is 23.7 Å². The number of rotatable bonds is 8. The molecule has 0 aliphatic carbocycles. The summed E-state index contributed by atoms with van der Waals surface area (Å²) in [4.78, 5) is 17.9. The van der Waals surface area contributed by atoms with Crippen molar-refractivity contribution in [3.05, 3.63) is 70.0 Å². The van der Waals surface area contributed by atoms with Crippen LogP contribution >= 0.6 is 23.1 Å². The van der Waals surface area contributed by atoms with E-state index in [1.165, 1.54) is 0 Å². The lowest BCUT2D eigenvalue weighted by atomic mass is 10.2. The van der Waals surface area contributed by atoms with Crippen LogP contribution in [0.25, 0.3) is 27.3 Å². The van der Waals surface area contributed by atoms with Gasteiger partial charge in [-0.3, -0.25) is 13.8 Å². The lowest BCUT2D eigenvalue weighted by molar-refractivity contribution is 0.415. The van der Waals surface area contributed by atoms with Gasteiger partial charge in [0.1, 0.15) is 10.8 Å². The first kappa shape index (κ1) is 21.7. The highest BCUT2D eigenvalue weighted by molar-refractivity contribution is 7.98. The van der Waals surface area contributed by atoms with Gasteiger partial charge < -0.3 is 4.74 Å². The first-order valence-electron chi connectivity index (χ1n) is 10.8. The van der Waals surface area contributed by atoms with Gasteiger partial charge in [-0.2, -0.15) is 0 Å². The van der Waals surface area contributed by atoms with Gasteiger partial charge >= 0.3 is 0 Å². The van der Waals surface area contributed by atoms with Gasteiger partial charge in [0, 0.05) is 23.2 Å². The van der Waals surface area contributed by atoms with Crippen molar-refractivity contribution in [3.63, 3.8) is 0 Å². The minimum absolute atomic E-state index is 0.0158. The molecule has 3 aromatic heterocycles. The van der Waals surface area contributed by atoms with Crippen LogP contribution in [-0.2, 0) is 12.3 Å². The summed E-state index contributed by atoms with van der Waals surface area (Å²) in [6.45, 7) is 2.74. The van der Waals surface area contributed by atoms with Crippen molar-refractivity contribution in [1.82, 2.24) is 24.1 Å². The summed E-state index contributed by atoms with van der Waals surface area (Å²) in [6.07, 6.45) is 1.91. The topological polar surface area (TPSA) is 74.3 Å². The molecule has 0 aliphatic rings. The molecule has 0 unspecified atom stereocenters. The van der Waals surface area contributed by atoms with E-state index in [9.17, 15) is 4.79 Å². The van der Waals surface area contributed by atoms with Gasteiger partial charge in [0.2, 0.25) is 5.78 Å². The highest BCUT2D eigenvalue weighted by Gasteiger charge is 2.17. The highest BCUT2D eigenvalue weighted by atomic mass is 32.2. The zero-order valence-corrected chi connectivity index (χ0v) is 20.0. The van der Waals surface area contributed by atoms with Gasteiger partial charge in [-0.25, -0.2) is 4.98 Å². The number of nitrogens with zero attached hydrogens (tertiary/aromatic N) is 5. The minimum Gasteiger partial charge on any atom is -0.497 e. The molecule has 168 valence electrons. The summed E-state index contributed by atoms with van der Waals surface area (Å²) in [5.74, 6) is 2.06. The molecule has 0 saturated heterocycles. The monoisotopic (exact) mass is 477 g/mol. The van der Waals surface area contributed by atoms with Crippen molar-refractivity contribution >= 4 is 39.8 Å². The van der Waals surface area contributed by atoms with Crippen molar-refractivity contribution in [2.75, 3.05) is 7.11 Å². The van der Waals surface area contributed by atoms with Crippen molar-refractivity contribution in [2.24, 2.45) is 0 Å². The molecule has 0 spiro atoms. The fourth-order valence-electron chi connectivity index (χ4n) is 3.75. The van der Waals surface area contributed by atoms with Crippen LogP contribution in [0.1, 0.15) is 25.5 Å². The number of hydrogen-bond acceptors (Lipinski definition) is 7. The van der Waals surface area contributed by atoms with Gasteiger partial charge in [-0.15, -0.1) is 21.5 Å². The van der Waals surface area contributed by atoms with Crippen LogP contribution < -0.4 is 10.3 Å². The number of unbranched alkanes of at least 4 members (excludes halogenated alkanes) is 1. The number of methoxy groups -OCH3 is 1. The average Bonchev–Trinajstić information content (AvgIpc) is 3.50. The first-order valence-corrected chi connectivity index (χ1v) is 12.6. The Balaban J connectivity index is 1.47. The molecule has 0 bridgehead atoms. The number of ether oxygens (including phenoxy) is 1. The summed E-state index contributed by atoms with van der Waals surface area (Å²) in [6, 6.07) is 15.6.